The van der Waals surface area contributed by atoms with Gasteiger partial charge in [-0.25, -0.2) is 0 Å². The lowest BCUT2D eigenvalue weighted by atomic mass is 9.99. The minimum absolute atomic E-state index is 0.0334. The van der Waals surface area contributed by atoms with Crippen LogP contribution in [0.4, 0.5) is 5.69 Å². The van der Waals surface area contributed by atoms with Crippen molar-refractivity contribution >= 4 is 17.5 Å². The number of nitrogens with one attached hydrogen (secondary N) is 1. The number of hydrogen-bond donors (Lipinski definition) is 1. The van der Waals surface area contributed by atoms with E-state index < -0.39 is 0 Å². The Labute approximate surface area is 145 Å². The van der Waals surface area contributed by atoms with Crippen LogP contribution >= 0.6 is 0 Å². The maximum Gasteiger partial charge on any atom is 0.238 e. The van der Waals surface area contributed by atoms with Crippen LogP contribution in [0.15, 0.2) is 24.3 Å². The molecule has 1 N–H and O–H groups in total. The van der Waals surface area contributed by atoms with Gasteiger partial charge in [0.1, 0.15) is 0 Å². The molecule has 2 amide bonds. The van der Waals surface area contributed by atoms with Gasteiger partial charge in [0.05, 0.1) is 6.54 Å². The summed E-state index contributed by atoms with van der Waals surface area (Å²) >= 11 is 0. The van der Waals surface area contributed by atoms with Crippen molar-refractivity contribution in [3.05, 3.63) is 29.8 Å². The Balaban J connectivity index is 1.82. The average Bonchev–Trinajstić information content (AvgIpc) is 2.55. The van der Waals surface area contributed by atoms with E-state index in [1.54, 1.807) is 19.0 Å². The Kier molecular flexibility index (Phi) is 6.79. The molecular formula is C19H29N3O2. The molecular weight excluding hydrogens is 302 g/mol. The standard InChI is InChI=1S/C19H29N3O2/c1-15-9-11-22(12-10-15)14-18(23)20-17-6-4-5-16(13-17)7-8-19(24)21(2)3/h4-6,13,15H,7-12,14H2,1-3H3,(H,20,23). The van der Waals surface area contributed by atoms with Crippen molar-refractivity contribution < 1.29 is 9.59 Å². The number of carbonyl (C=O) groups is 2. The Hall–Kier alpha value is -1.88. The molecule has 24 heavy (non-hydrogen) atoms. The zero-order valence-electron chi connectivity index (χ0n) is 15.0. The summed E-state index contributed by atoms with van der Waals surface area (Å²) in [5.74, 6) is 0.917. The Morgan fingerprint density at radius 3 is 2.62 bits per heavy atom. The first-order chi connectivity index (χ1) is 11.4. The van der Waals surface area contributed by atoms with E-state index in [2.05, 4.69) is 17.1 Å². The van der Waals surface area contributed by atoms with E-state index in [1.807, 2.05) is 24.3 Å². The number of likely N-dealkylation sites (tertiary alicyclic amines) is 1. The topological polar surface area (TPSA) is 52.7 Å². The zero-order chi connectivity index (χ0) is 17.5. The van der Waals surface area contributed by atoms with Gasteiger partial charge in [0.25, 0.3) is 0 Å². The molecule has 0 bridgehead atoms. The molecule has 1 fully saturated rings. The number of nitrogens with zero attached hydrogens (tertiary/aromatic N) is 2. The monoisotopic (exact) mass is 331 g/mol. The Morgan fingerprint density at radius 2 is 1.96 bits per heavy atom. The van der Waals surface area contributed by atoms with Gasteiger partial charge in [-0.05, 0) is 56.0 Å². The van der Waals surface area contributed by atoms with E-state index in [9.17, 15) is 9.59 Å². The van der Waals surface area contributed by atoms with Gasteiger partial charge in [-0.15, -0.1) is 0 Å². The van der Waals surface area contributed by atoms with Crippen LogP contribution in [-0.4, -0.2) is 55.3 Å². The predicted molar refractivity (Wildman–Crippen MR) is 96.9 cm³/mol. The molecule has 0 spiro atoms. The first-order valence-corrected chi connectivity index (χ1v) is 8.75. The van der Waals surface area contributed by atoms with Gasteiger partial charge in [0, 0.05) is 26.2 Å². The van der Waals surface area contributed by atoms with Crippen molar-refractivity contribution in [1.29, 1.82) is 0 Å². The van der Waals surface area contributed by atoms with Crippen LogP contribution in [0.3, 0.4) is 0 Å². The van der Waals surface area contributed by atoms with Gasteiger partial charge in [0.2, 0.25) is 11.8 Å². The number of benzene rings is 1. The highest BCUT2D eigenvalue weighted by atomic mass is 16.2. The molecule has 1 aliphatic heterocycles. The van der Waals surface area contributed by atoms with E-state index in [4.69, 9.17) is 0 Å². The molecule has 2 rings (SSSR count). The highest BCUT2D eigenvalue weighted by Crippen LogP contribution is 2.16. The van der Waals surface area contributed by atoms with Crippen LogP contribution in [0.25, 0.3) is 0 Å². The third kappa shape index (κ3) is 5.96. The number of anilines is 1. The molecule has 1 aliphatic rings. The van der Waals surface area contributed by atoms with E-state index in [0.29, 0.717) is 19.4 Å². The number of aryl methyl sites for hydroxylation is 1. The molecule has 0 unspecified atom stereocenters. The van der Waals surface area contributed by atoms with Crippen molar-refractivity contribution in [2.24, 2.45) is 5.92 Å². The highest BCUT2D eigenvalue weighted by molar-refractivity contribution is 5.92. The zero-order valence-corrected chi connectivity index (χ0v) is 15.0. The maximum atomic E-state index is 12.2. The molecule has 1 saturated heterocycles. The quantitative estimate of drug-likeness (QED) is 0.871. The van der Waals surface area contributed by atoms with Crippen LogP contribution < -0.4 is 5.32 Å². The molecule has 0 atom stereocenters. The van der Waals surface area contributed by atoms with Crippen molar-refractivity contribution in [2.45, 2.75) is 32.6 Å². The first-order valence-electron chi connectivity index (χ1n) is 8.75. The van der Waals surface area contributed by atoms with Gasteiger partial charge >= 0.3 is 0 Å². The second-order valence-electron chi connectivity index (χ2n) is 7.00. The molecule has 5 heteroatoms. The first kappa shape index (κ1) is 18.5. The van der Waals surface area contributed by atoms with Gasteiger partial charge < -0.3 is 10.2 Å². The van der Waals surface area contributed by atoms with E-state index >= 15 is 0 Å². The maximum absolute atomic E-state index is 12.2. The van der Waals surface area contributed by atoms with Gasteiger partial charge in [-0.2, -0.15) is 0 Å². The van der Waals surface area contributed by atoms with Crippen LogP contribution in [0.2, 0.25) is 0 Å². The van der Waals surface area contributed by atoms with Crippen LogP contribution in [-0.2, 0) is 16.0 Å². The molecule has 5 nitrogen and oxygen atoms in total. The lowest BCUT2D eigenvalue weighted by Gasteiger charge is -2.29. The third-order valence-corrected chi connectivity index (χ3v) is 4.58. The fraction of sp³-hybridized carbons (Fsp3) is 0.579. The summed E-state index contributed by atoms with van der Waals surface area (Å²) in [5.41, 5.74) is 1.87. The summed E-state index contributed by atoms with van der Waals surface area (Å²) in [6.07, 6.45) is 3.51. The summed E-state index contributed by atoms with van der Waals surface area (Å²) < 4.78 is 0. The highest BCUT2D eigenvalue weighted by Gasteiger charge is 2.18. The van der Waals surface area contributed by atoms with E-state index in [-0.39, 0.29) is 11.8 Å². The summed E-state index contributed by atoms with van der Waals surface area (Å²) in [5, 5.41) is 2.98. The SMILES string of the molecule is CC1CCN(CC(=O)Nc2cccc(CCC(=O)N(C)C)c2)CC1. The molecule has 0 radical (unpaired) electrons. The largest absolute Gasteiger partial charge is 0.349 e. The normalized spacial score (nSPS) is 16.0. The summed E-state index contributed by atoms with van der Waals surface area (Å²) in [7, 11) is 3.53. The summed E-state index contributed by atoms with van der Waals surface area (Å²) in [6, 6.07) is 7.77. The van der Waals surface area contributed by atoms with Gasteiger partial charge in [-0.1, -0.05) is 19.1 Å². The fourth-order valence-electron chi connectivity index (χ4n) is 2.90. The number of amides is 2. The number of piperidine rings is 1. The Morgan fingerprint density at radius 1 is 1.25 bits per heavy atom. The average molecular weight is 331 g/mol. The second-order valence-corrected chi connectivity index (χ2v) is 7.00. The van der Waals surface area contributed by atoms with Crippen molar-refractivity contribution in [3.8, 4) is 0 Å². The lowest BCUT2D eigenvalue weighted by molar-refractivity contribution is -0.128. The predicted octanol–water partition coefficient (Wildman–Crippen LogP) is 2.38. The Bertz CT molecular complexity index is 563. The molecule has 0 aliphatic carbocycles. The number of carbonyl (C=O) groups excluding carboxylic acids is 2. The lowest BCUT2D eigenvalue weighted by Crippen LogP contribution is -2.38. The van der Waals surface area contributed by atoms with Crippen molar-refractivity contribution in [2.75, 3.05) is 39.0 Å². The minimum Gasteiger partial charge on any atom is -0.349 e. The van der Waals surface area contributed by atoms with Gasteiger partial charge in [-0.3, -0.25) is 14.5 Å². The number of hydrogen-bond acceptors (Lipinski definition) is 3. The molecule has 0 saturated carbocycles. The van der Waals surface area contributed by atoms with Gasteiger partial charge in [0.15, 0.2) is 0 Å². The van der Waals surface area contributed by atoms with Crippen molar-refractivity contribution in [1.82, 2.24) is 9.80 Å². The molecule has 132 valence electrons. The van der Waals surface area contributed by atoms with E-state index in [1.165, 1.54) is 12.8 Å². The number of rotatable bonds is 6. The fourth-order valence-corrected chi connectivity index (χ4v) is 2.90. The smallest absolute Gasteiger partial charge is 0.238 e. The van der Waals surface area contributed by atoms with Crippen LogP contribution in [0.1, 0.15) is 31.7 Å². The van der Waals surface area contributed by atoms with E-state index in [0.717, 1.165) is 30.3 Å². The molecule has 1 heterocycles. The minimum atomic E-state index is 0.0334. The van der Waals surface area contributed by atoms with Crippen LogP contribution in [0.5, 0.6) is 0 Å². The molecule has 0 aromatic heterocycles. The molecule has 1 aromatic carbocycles. The van der Waals surface area contributed by atoms with Crippen LogP contribution in [0, 0.1) is 5.92 Å². The molecule has 1 aromatic rings. The third-order valence-electron chi connectivity index (χ3n) is 4.58. The van der Waals surface area contributed by atoms with Crippen molar-refractivity contribution in [3.63, 3.8) is 0 Å². The second kappa shape index (κ2) is 8.83. The summed E-state index contributed by atoms with van der Waals surface area (Å²) in [6.45, 7) is 4.72. The summed E-state index contributed by atoms with van der Waals surface area (Å²) in [4.78, 5) is 27.7.